The Morgan fingerprint density at radius 3 is 2.24 bits per heavy atom. The van der Waals surface area contributed by atoms with E-state index in [-0.39, 0.29) is 5.92 Å². The number of hydrogen-bond donors (Lipinski definition) is 1. The lowest BCUT2D eigenvalue weighted by molar-refractivity contribution is -0.146. The van der Waals surface area contributed by atoms with Gasteiger partial charge in [-0.15, -0.1) is 0 Å². The van der Waals surface area contributed by atoms with Crippen LogP contribution >= 0.6 is 0 Å². The summed E-state index contributed by atoms with van der Waals surface area (Å²) in [7, 11) is 0. The van der Waals surface area contributed by atoms with Crippen LogP contribution in [-0.2, 0) is 4.79 Å². The Hall–Kier alpha value is -0.570. The first kappa shape index (κ1) is 12.9. The molecule has 1 heterocycles. The van der Waals surface area contributed by atoms with Gasteiger partial charge in [-0.1, -0.05) is 26.2 Å². The van der Waals surface area contributed by atoms with Crippen molar-refractivity contribution in [3.05, 3.63) is 0 Å². The highest BCUT2D eigenvalue weighted by molar-refractivity contribution is 5.70. The van der Waals surface area contributed by atoms with Crippen molar-refractivity contribution in [2.75, 3.05) is 13.1 Å². The molecule has 0 aromatic rings. The number of carboxylic acid groups (broad SMARTS) is 1. The van der Waals surface area contributed by atoms with Gasteiger partial charge in [-0.05, 0) is 31.6 Å². The number of carboxylic acids is 1. The Kier molecular flexibility index (Phi) is 4.08. The Bertz CT molecular complexity index is 267. The molecule has 3 nitrogen and oxygen atoms in total. The monoisotopic (exact) mass is 239 g/mol. The van der Waals surface area contributed by atoms with Gasteiger partial charge in [0.1, 0.15) is 0 Å². The number of hydrogen-bond acceptors (Lipinski definition) is 2. The zero-order chi connectivity index (χ0) is 12.4. The third-order valence-electron chi connectivity index (χ3n) is 4.94. The standard InChI is InChI=1S/C14H25NO2/c1-10(14(16)17)13-8-15(9-13)11(2)12-6-4-3-5-7-12/h10-13H,3-9H2,1-2H3,(H,16,17). The zero-order valence-electron chi connectivity index (χ0n) is 11.1. The third-order valence-corrected chi connectivity index (χ3v) is 4.94. The topological polar surface area (TPSA) is 40.5 Å². The lowest BCUT2D eigenvalue weighted by atomic mass is 9.80. The molecule has 2 fully saturated rings. The third kappa shape index (κ3) is 2.82. The number of nitrogens with zero attached hydrogens (tertiary/aromatic N) is 1. The van der Waals surface area contributed by atoms with E-state index in [4.69, 9.17) is 5.11 Å². The highest BCUT2D eigenvalue weighted by Crippen LogP contribution is 2.33. The molecule has 0 aromatic carbocycles. The molecule has 17 heavy (non-hydrogen) atoms. The van der Waals surface area contributed by atoms with E-state index in [1.54, 1.807) is 0 Å². The Balaban J connectivity index is 1.76. The highest BCUT2D eigenvalue weighted by atomic mass is 16.4. The quantitative estimate of drug-likeness (QED) is 0.820. The number of rotatable bonds is 4. The van der Waals surface area contributed by atoms with Crippen molar-refractivity contribution >= 4 is 5.97 Å². The molecule has 2 atom stereocenters. The van der Waals surface area contributed by atoms with Crippen LogP contribution in [0.4, 0.5) is 0 Å². The molecule has 1 saturated carbocycles. The second kappa shape index (κ2) is 5.38. The summed E-state index contributed by atoms with van der Waals surface area (Å²) < 4.78 is 0. The van der Waals surface area contributed by atoms with Gasteiger partial charge in [-0.3, -0.25) is 9.69 Å². The molecule has 1 aliphatic carbocycles. The fourth-order valence-electron chi connectivity index (χ4n) is 3.31. The molecule has 98 valence electrons. The molecule has 0 spiro atoms. The molecule has 3 heteroatoms. The fourth-order valence-corrected chi connectivity index (χ4v) is 3.31. The minimum Gasteiger partial charge on any atom is -0.481 e. The van der Waals surface area contributed by atoms with E-state index in [2.05, 4.69) is 11.8 Å². The van der Waals surface area contributed by atoms with Crippen molar-refractivity contribution in [2.45, 2.75) is 52.0 Å². The minimum absolute atomic E-state index is 0.176. The Morgan fingerprint density at radius 1 is 1.12 bits per heavy atom. The van der Waals surface area contributed by atoms with Crippen LogP contribution in [-0.4, -0.2) is 35.1 Å². The van der Waals surface area contributed by atoms with Gasteiger partial charge in [-0.25, -0.2) is 0 Å². The fraction of sp³-hybridized carbons (Fsp3) is 0.929. The zero-order valence-corrected chi connectivity index (χ0v) is 11.1. The van der Waals surface area contributed by atoms with E-state index in [9.17, 15) is 4.79 Å². The van der Waals surface area contributed by atoms with Crippen molar-refractivity contribution in [1.29, 1.82) is 0 Å². The minimum atomic E-state index is -0.639. The number of likely N-dealkylation sites (tertiary alicyclic amines) is 1. The van der Waals surface area contributed by atoms with Gasteiger partial charge in [0.15, 0.2) is 0 Å². The van der Waals surface area contributed by atoms with E-state index in [0.29, 0.717) is 12.0 Å². The summed E-state index contributed by atoms with van der Waals surface area (Å²) in [5, 5.41) is 8.97. The van der Waals surface area contributed by atoms with Crippen LogP contribution in [0.2, 0.25) is 0 Å². The second-order valence-electron chi connectivity index (χ2n) is 5.98. The van der Waals surface area contributed by atoms with Gasteiger partial charge in [0.25, 0.3) is 0 Å². The first-order chi connectivity index (χ1) is 8.09. The first-order valence-electron chi connectivity index (χ1n) is 7.06. The van der Waals surface area contributed by atoms with Crippen LogP contribution in [0.25, 0.3) is 0 Å². The van der Waals surface area contributed by atoms with Crippen LogP contribution in [0.15, 0.2) is 0 Å². The lowest BCUT2D eigenvalue weighted by Gasteiger charge is -2.47. The van der Waals surface area contributed by atoms with Crippen LogP contribution in [0.3, 0.4) is 0 Å². The van der Waals surface area contributed by atoms with Crippen molar-refractivity contribution in [3.63, 3.8) is 0 Å². The molecular weight excluding hydrogens is 214 g/mol. The van der Waals surface area contributed by atoms with E-state index in [1.165, 1.54) is 32.1 Å². The molecule has 2 rings (SSSR count). The molecule has 2 aliphatic rings. The van der Waals surface area contributed by atoms with E-state index < -0.39 is 5.97 Å². The van der Waals surface area contributed by atoms with E-state index >= 15 is 0 Å². The van der Waals surface area contributed by atoms with Gasteiger partial charge in [-0.2, -0.15) is 0 Å². The predicted molar refractivity (Wildman–Crippen MR) is 67.9 cm³/mol. The van der Waals surface area contributed by atoms with Gasteiger partial charge in [0.05, 0.1) is 5.92 Å². The average Bonchev–Trinajstić information content (AvgIpc) is 2.27. The van der Waals surface area contributed by atoms with Gasteiger partial charge in [0, 0.05) is 19.1 Å². The summed E-state index contributed by atoms with van der Waals surface area (Å²) in [6.07, 6.45) is 6.92. The summed E-state index contributed by atoms with van der Waals surface area (Å²) in [5.41, 5.74) is 0. The number of aliphatic carboxylic acids is 1. The van der Waals surface area contributed by atoms with Crippen molar-refractivity contribution < 1.29 is 9.90 Å². The second-order valence-corrected chi connectivity index (χ2v) is 5.98. The van der Waals surface area contributed by atoms with E-state index in [0.717, 1.165) is 19.0 Å². The predicted octanol–water partition coefficient (Wildman–Crippen LogP) is 2.61. The lowest BCUT2D eigenvalue weighted by Crippen LogP contribution is -2.56. The van der Waals surface area contributed by atoms with Gasteiger partial charge < -0.3 is 5.11 Å². The molecule has 1 saturated heterocycles. The molecule has 0 bridgehead atoms. The molecule has 1 N–H and O–H groups in total. The van der Waals surface area contributed by atoms with Crippen LogP contribution < -0.4 is 0 Å². The van der Waals surface area contributed by atoms with Crippen molar-refractivity contribution in [3.8, 4) is 0 Å². The maximum atomic E-state index is 10.9. The Morgan fingerprint density at radius 2 is 1.71 bits per heavy atom. The van der Waals surface area contributed by atoms with Crippen LogP contribution in [0, 0.1) is 17.8 Å². The number of carbonyl (C=O) groups is 1. The summed E-state index contributed by atoms with van der Waals surface area (Å²) in [6, 6.07) is 0.660. The van der Waals surface area contributed by atoms with E-state index in [1.807, 2.05) is 6.92 Å². The molecule has 2 unspecified atom stereocenters. The van der Waals surface area contributed by atoms with Crippen LogP contribution in [0.5, 0.6) is 0 Å². The molecule has 0 amide bonds. The molecular formula is C14H25NO2. The Labute approximate surface area is 104 Å². The summed E-state index contributed by atoms with van der Waals surface area (Å²) in [4.78, 5) is 13.4. The highest BCUT2D eigenvalue weighted by Gasteiger charge is 2.38. The van der Waals surface area contributed by atoms with Crippen molar-refractivity contribution in [1.82, 2.24) is 4.90 Å². The largest absolute Gasteiger partial charge is 0.481 e. The normalized spacial score (nSPS) is 27.4. The van der Waals surface area contributed by atoms with Gasteiger partial charge in [0.2, 0.25) is 0 Å². The first-order valence-corrected chi connectivity index (χ1v) is 7.06. The summed E-state index contributed by atoms with van der Waals surface area (Å²) >= 11 is 0. The van der Waals surface area contributed by atoms with Crippen LogP contribution in [0.1, 0.15) is 46.0 Å². The molecule has 0 radical (unpaired) electrons. The molecule has 0 aromatic heterocycles. The maximum absolute atomic E-state index is 10.9. The smallest absolute Gasteiger partial charge is 0.306 e. The summed E-state index contributed by atoms with van der Waals surface area (Å²) in [6.45, 7) is 6.16. The summed E-state index contributed by atoms with van der Waals surface area (Å²) in [5.74, 6) is 0.410. The van der Waals surface area contributed by atoms with Gasteiger partial charge >= 0.3 is 5.97 Å². The van der Waals surface area contributed by atoms with Crippen molar-refractivity contribution in [2.24, 2.45) is 17.8 Å². The average molecular weight is 239 g/mol. The maximum Gasteiger partial charge on any atom is 0.306 e. The SMILES string of the molecule is CC(C(=O)O)C1CN(C(C)C2CCCCC2)C1. The molecule has 1 aliphatic heterocycles.